The fourth-order valence-corrected chi connectivity index (χ4v) is 2.09. The quantitative estimate of drug-likeness (QED) is 0.785. The smallest absolute Gasteiger partial charge is 0.138 e. The molecule has 0 amide bonds. The van der Waals surface area contributed by atoms with Crippen molar-refractivity contribution in [3.05, 3.63) is 54.4 Å². The van der Waals surface area contributed by atoms with Gasteiger partial charge in [0.2, 0.25) is 0 Å². The molecule has 0 aliphatic carbocycles. The van der Waals surface area contributed by atoms with E-state index in [1.54, 1.807) is 11.0 Å². The monoisotopic (exact) mass is 268 g/mol. The summed E-state index contributed by atoms with van der Waals surface area (Å²) in [6.45, 7) is 2.78. The molecule has 0 unspecified atom stereocenters. The van der Waals surface area contributed by atoms with Gasteiger partial charge in [-0.2, -0.15) is 10.2 Å². The van der Waals surface area contributed by atoms with E-state index in [9.17, 15) is 0 Å². The Kier molecular flexibility index (Phi) is 3.20. The van der Waals surface area contributed by atoms with Crippen molar-refractivity contribution in [2.75, 3.05) is 5.32 Å². The summed E-state index contributed by atoms with van der Waals surface area (Å²) in [4.78, 5) is 3.94. The van der Waals surface area contributed by atoms with Crippen LogP contribution in [0.25, 0.3) is 5.69 Å². The van der Waals surface area contributed by atoms with E-state index in [4.69, 9.17) is 0 Å². The van der Waals surface area contributed by atoms with Crippen LogP contribution in [0.3, 0.4) is 0 Å². The maximum absolute atomic E-state index is 4.33. The predicted octanol–water partition coefficient (Wildman–Crippen LogP) is 1.92. The number of nitrogens with zero attached hydrogens (tertiary/aromatic N) is 5. The van der Waals surface area contributed by atoms with Gasteiger partial charge < -0.3 is 5.32 Å². The molecule has 2 aromatic heterocycles. The molecule has 3 rings (SSSR count). The highest BCUT2D eigenvalue weighted by molar-refractivity contribution is 5.48. The van der Waals surface area contributed by atoms with Crippen molar-refractivity contribution in [2.45, 2.75) is 13.5 Å². The number of hydrogen-bond donors (Lipinski definition) is 1. The summed E-state index contributed by atoms with van der Waals surface area (Å²) in [6.07, 6.45) is 5.24. The van der Waals surface area contributed by atoms with E-state index < -0.39 is 0 Å². The van der Waals surface area contributed by atoms with Crippen LogP contribution in [0.4, 0.5) is 5.69 Å². The van der Waals surface area contributed by atoms with E-state index >= 15 is 0 Å². The van der Waals surface area contributed by atoms with Crippen molar-refractivity contribution in [3.63, 3.8) is 0 Å². The van der Waals surface area contributed by atoms with Gasteiger partial charge in [0.15, 0.2) is 0 Å². The topological polar surface area (TPSA) is 60.6 Å². The Hall–Kier alpha value is -2.63. The van der Waals surface area contributed by atoms with Crippen molar-refractivity contribution in [2.24, 2.45) is 7.05 Å². The van der Waals surface area contributed by atoms with Crippen LogP contribution >= 0.6 is 0 Å². The zero-order valence-corrected chi connectivity index (χ0v) is 11.5. The van der Waals surface area contributed by atoms with Gasteiger partial charge in [0.25, 0.3) is 0 Å². The Morgan fingerprint density at radius 2 is 2.00 bits per heavy atom. The fraction of sp³-hybridized carbons (Fsp3) is 0.214. The molecule has 0 saturated carbocycles. The molecule has 0 bridgehead atoms. The normalized spacial score (nSPS) is 10.7. The summed E-state index contributed by atoms with van der Waals surface area (Å²) < 4.78 is 3.56. The molecule has 102 valence electrons. The summed E-state index contributed by atoms with van der Waals surface area (Å²) in [7, 11) is 1.93. The van der Waals surface area contributed by atoms with Gasteiger partial charge in [-0.3, -0.25) is 4.68 Å². The second kappa shape index (κ2) is 5.16. The number of nitrogens with one attached hydrogen (secondary N) is 1. The third-order valence-electron chi connectivity index (χ3n) is 3.15. The van der Waals surface area contributed by atoms with Gasteiger partial charge in [-0.1, -0.05) is 0 Å². The van der Waals surface area contributed by atoms with Crippen LogP contribution in [-0.4, -0.2) is 24.5 Å². The highest BCUT2D eigenvalue weighted by Gasteiger charge is 2.03. The molecule has 0 aliphatic heterocycles. The third-order valence-corrected chi connectivity index (χ3v) is 3.15. The van der Waals surface area contributed by atoms with Crippen molar-refractivity contribution in [1.29, 1.82) is 0 Å². The van der Waals surface area contributed by atoms with Crippen molar-refractivity contribution in [3.8, 4) is 5.69 Å². The average Bonchev–Trinajstić information content (AvgIpc) is 3.07. The highest BCUT2D eigenvalue weighted by atomic mass is 15.3. The van der Waals surface area contributed by atoms with Crippen molar-refractivity contribution < 1.29 is 0 Å². The van der Waals surface area contributed by atoms with Crippen LogP contribution in [-0.2, 0) is 13.6 Å². The lowest BCUT2D eigenvalue weighted by molar-refractivity contribution is 0.756. The van der Waals surface area contributed by atoms with Gasteiger partial charge in [-0.05, 0) is 31.2 Å². The van der Waals surface area contributed by atoms with Crippen LogP contribution < -0.4 is 5.32 Å². The van der Waals surface area contributed by atoms with Crippen LogP contribution in [0.15, 0.2) is 43.1 Å². The Morgan fingerprint density at radius 1 is 1.20 bits per heavy atom. The van der Waals surface area contributed by atoms with Crippen LogP contribution in [0, 0.1) is 6.92 Å². The first-order valence-electron chi connectivity index (χ1n) is 6.40. The van der Waals surface area contributed by atoms with E-state index in [-0.39, 0.29) is 0 Å². The molecular weight excluding hydrogens is 252 g/mol. The summed E-state index contributed by atoms with van der Waals surface area (Å²) >= 11 is 0. The standard InChI is InChI=1S/C14H16N6/c1-11-12(8-19(2)18-11)7-16-13-3-5-14(6-4-13)20-10-15-9-17-20/h3-6,8-10,16H,7H2,1-2H3. The van der Waals surface area contributed by atoms with Crippen molar-refractivity contribution in [1.82, 2.24) is 24.5 Å². The molecule has 2 heterocycles. The van der Waals surface area contributed by atoms with Crippen LogP contribution in [0.2, 0.25) is 0 Å². The van der Waals surface area contributed by atoms with Crippen LogP contribution in [0.1, 0.15) is 11.3 Å². The van der Waals surface area contributed by atoms with Crippen LogP contribution in [0.5, 0.6) is 0 Å². The molecule has 0 spiro atoms. The summed E-state index contributed by atoms with van der Waals surface area (Å²) in [5.74, 6) is 0. The lowest BCUT2D eigenvalue weighted by Gasteiger charge is -2.07. The zero-order chi connectivity index (χ0) is 13.9. The summed E-state index contributed by atoms with van der Waals surface area (Å²) in [5.41, 5.74) is 4.31. The van der Waals surface area contributed by atoms with Gasteiger partial charge in [0, 0.05) is 31.0 Å². The minimum atomic E-state index is 0.766. The van der Waals surface area contributed by atoms with Gasteiger partial charge in [0.05, 0.1) is 11.4 Å². The molecule has 6 nitrogen and oxygen atoms in total. The molecule has 0 atom stereocenters. The first-order chi connectivity index (χ1) is 9.72. The number of aryl methyl sites for hydroxylation is 2. The molecule has 1 aromatic carbocycles. The first kappa shape index (κ1) is 12.4. The van der Waals surface area contributed by atoms with Crippen molar-refractivity contribution >= 4 is 5.69 Å². The number of benzene rings is 1. The Bertz CT molecular complexity index is 681. The molecule has 3 aromatic rings. The lowest BCUT2D eigenvalue weighted by atomic mass is 10.2. The summed E-state index contributed by atoms with van der Waals surface area (Å²) in [5, 5.41) is 11.8. The van der Waals surface area contributed by atoms with E-state index in [1.807, 2.05) is 49.1 Å². The second-order valence-corrected chi connectivity index (χ2v) is 4.65. The fourth-order valence-electron chi connectivity index (χ4n) is 2.09. The third kappa shape index (κ3) is 2.54. The van der Waals surface area contributed by atoms with E-state index in [0.29, 0.717) is 0 Å². The molecule has 20 heavy (non-hydrogen) atoms. The molecule has 0 fully saturated rings. The average molecular weight is 268 g/mol. The van der Waals surface area contributed by atoms with E-state index in [0.717, 1.165) is 23.6 Å². The molecule has 0 saturated heterocycles. The first-order valence-corrected chi connectivity index (χ1v) is 6.40. The minimum absolute atomic E-state index is 0.766. The SMILES string of the molecule is Cc1nn(C)cc1CNc1ccc(-n2cncn2)cc1. The Morgan fingerprint density at radius 3 is 2.60 bits per heavy atom. The molecule has 0 radical (unpaired) electrons. The molecular formula is C14H16N6. The van der Waals surface area contributed by atoms with E-state index in [2.05, 4.69) is 20.5 Å². The predicted molar refractivity (Wildman–Crippen MR) is 76.6 cm³/mol. The minimum Gasteiger partial charge on any atom is -0.381 e. The van der Waals surface area contributed by atoms with E-state index in [1.165, 1.54) is 11.9 Å². The van der Waals surface area contributed by atoms with Gasteiger partial charge >= 0.3 is 0 Å². The molecule has 0 aliphatic rings. The Labute approximate surface area is 117 Å². The second-order valence-electron chi connectivity index (χ2n) is 4.65. The molecule has 6 heteroatoms. The summed E-state index contributed by atoms with van der Waals surface area (Å²) in [6, 6.07) is 8.08. The lowest BCUT2D eigenvalue weighted by Crippen LogP contribution is -2.00. The van der Waals surface area contributed by atoms with Gasteiger partial charge in [-0.25, -0.2) is 9.67 Å². The van der Waals surface area contributed by atoms with Gasteiger partial charge in [0.1, 0.15) is 12.7 Å². The zero-order valence-electron chi connectivity index (χ0n) is 11.5. The number of hydrogen-bond acceptors (Lipinski definition) is 4. The largest absolute Gasteiger partial charge is 0.381 e. The number of anilines is 1. The molecule has 1 N–H and O–H groups in total. The maximum atomic E-state index is 4.33. The van der Waals surface area contributed by atoms with Gasteiger partial charge in [-0.15, -0.1) is 0 Å². The Balaban J connectivity index is 1.68. The number of aromatic nitrogens is 5. The maximum Gasteiger partial charge on any atom is 0.138 e. The highest BCUT2D eigenvalue weighted by Crippen LogP contribution is 2.14. The number of rotatable bonds is 4.